The van der Waals surface area contributed by atoms with Gasteiger partial charge in [-0.25, -0.2) is 9.97 Å². The summed E-state index contributed by atoms with van der Waals surface area (Å²) in [5.41, 5.74) is 6.13. The highest BCUT2D eigenvalue weighted by atomic mass is 15.1. The predicted octanol–water partition coefficient (Wildman–Crippen LogP) is 6.96. The van der Waals surface area contributed by atoms with Gasteiger partial charge in [-0.05, 0) is 31.2 Å². The van der Waals surface area contributed by atoms with Crippen molar-refractivity contribution >= 4 is 55.0 Å². The molecule has 0 aliphatic rings. The first kappa shape index (κ1) is 18.6. The molecule has 0 bridgehead atoms. The molecule has 32 heavy (non-hydrogen) atoms. The van der Waals surface area contributed by atoms with E-state index in [0.717, 1.165) is 55.0 Å². The van der Waals surface area contributed by atoms with Crippen LogP contribution in [0, 0.1) is 0 Å². The van der Waals surface area contributed by atoms with E-state index >= 15 is 0 Å². The van der Waals surface area contributed by atoms with Crippen LogP contribution in [0.2, 0.25) is 0 Å². The van der Waals surface area contributed by atoms with E-state index in [9.17, 15) is 0 Å². The molecular weight excluding hydrogens is 392 g/mol. The highest BCUT2D eigenvalue weighted by Crippen LogP contribution is 2.33. The smallest absolute Gasteiger partial charge is 0.0935 e. The molecule has 2 aromatic heterocycles. The zero-order chi connectivity index (χ0) is 21.5. The summed E-state index contributed by atoms with van der Waals surface area (Å²) in [6, 6.07) is 33.1. The number of nitrogens with one attached hydrogen (secondary N) is 2. The van der Waals surface area contributed by atoms with Crippen LogP contribution in [0.1, 0.15) is 6.92 Å². The number of rotatable bonds is 4. The van der Waals surface area contributed by atoms with Crippen LogP contribution in [0.3, 0.4) is 0 Å². The Labute approximate surface area is 185 Å². The summed E-state index contributed by atoms with van der Waals surface area (Å²) in [7, 11) is 0. The van der Waals surface area contributed by atoms with Gasteiger partial charge < -0.3 is 10.6 Å². The molecule has 4 nitrogen and oxygen atoms in total. The van der Waals surface area contributed by atoms with Gasteiger partial charge in [0.25, 0.3) is 0 Å². The summed E-state index contributed by atoms with van der Waals surface area (Å²) in [6.45, 7) is 2.15. The van der Waals surface area contributed by atoms with E-state index in [4.69, 9.17) is 9.97 Å². The Morgan fingerprint density at radius 3 is 1.06 bits per heavy atom. The van der Waals surface area contributed by atoms with Crippen LogP contribution in [0.15, 0.2) is 97.1 Å². The molecule has 0 saturated heterocycles. The number of para-hydroxylation sites is 4. The van der Waals surface area contributed by atoms with Crippen LogP contribution in [-0.2, 0) is 0 Å². The highest BCUT2D eigenvalue weighted by Gasteiger charge is 2.14. The summed E-state index contributed by atoms with van der Waals surface area (Å²) in [4.78, 5) is 9.69. The average Bonchev–Trinajstić information content (AvgIpc) is 2.84. The molecule has 0 atom stereocenters. The topological polar surface area (TPSA) is 49.8 Å². The Hall–Kier alpha value is -4.18. The van der Waals surface area contributed by atoms with Gasteiger partial charge in [0.1, 0.15) is 0 Å². The third-order valence-electron chi connectivity index (χ3n) is 5.90. The van der Waals surface area contributed by atoms with E-state index in [1.54, 1.807) is 0 Å². The largest absolute Gasteiger partial charge is 0.364 e. The highest BCUT2D eigenvalue weighted by molar-refractivity contribution is 6.09. The number of nitrogens with zero attached hydrogens (tertiary/aromatic N) is 2. The van der Waals surface area contributed by atoms with Gasteiger partial charge in [-0.2, -0.15) is 0 Å². The fourth-order valence-electron chi connectivity index (χ4n) is 4.46. The summed E-state index contributed by atoms with van der Waals surface area (Å²) in [5.74, 6) is 0. The molecule has 0 saturated carbocycles. The standard InChI is InChI=1S/C28H22N4/c1-18(29-27-19-10-2-6-14-23(19)31-24-15-7-3-11-20(24)27)30-28-21-12-4-8-16-25(21)32-26-17-9-5-13-22(26)28/h2-18H,1H3,(H,29,31)(H,30,32). The van der Waals surface area contributed by atoms with Gasteiger partial charge in [0.05, 0.1) is 39.6 Å². The second-order valence-electron chi connectivity index (χ2n) is 8.05. The third-order valence-corrected chi connectivity index (χ3v) is 5.90. The first-order valence-electron chi connectivity index (χ1n) is 10.9. The monoisotopic (exact) mass is 414 g/mol. The van der Waals surface area contributed by atoms with Crippen LogP contribution >= 0.6 is 0 Å². The van der Waals surface area contributed by atoms with Crippen molar-refractivity contribution in [3.63, 3.8) is 0 Å². The van der Waals surface area contributed by atoms with Gasteiger partial charge in [-0.15, -0.1) is 0 Å². The molecule has 4 aromatic carbocycles. The Morgan fingerprint density at radius 1 is 0.469 bits per heavy atom. The maximum atomic E-state index is 4.84. The number of benzene rings is 4. The second kappa shape index (κ2) is 7.50. The molecule has 2 N–H and O–H groups in total. The molecule has 0 unspecified atom stereocenters. The first-order valence-corrected chi connectivity index (χ1v) is 10.9. The predicted molar refractivity (Wildman–Crippen MR) is 135 cm³/mol. The van der Waals surface area contributed by atoms with Gasteiger partial charge in [0.15, 0.2) is 0 Å². The average molecular weight is 415 g/mol. The second-order valence-corrected chi connectivity index (χ2v) is 8.05. The van der Waals surface area contributed by atoms with Gasteiger partial charge in [0, 0.05) is 21.5 Å². The lowest BCUT2D eigenvalue weighted by Gasteiger charge is -2.22. The van der Waals surface area contributed by atoms with Crippen molar-refractivity contribution in [1.29, 1.82) is 0 Å². The van der Waals surface area contributed by atoms with Crippen molar-refractivity contribution in [3.05, 3.63) is 97.1 Å². The number of hydrogen-bond donors (Lipinski definition) is 2. The van der Waals surface area contributed by atoms with Crippen LogP contribution in [-0.4, -0.2) is 16.1 Å². The quantitative estimate of drug-likeness (QED) is 0.242. The zero-order valence-electron chi connectivity index (χ0n) is 17.7. The van der Waals surface area contributed by atoms with Crippen LogP contribution < -0.4 is 10.6 Å². The zero-order valence-corrected chi connectivity index (χ0v) is 17.7. The number of hydrogen-bond acceptors (Lipinski definition) is 4. The molecule has 6 rings (SSSR count). The first-order chi connectivity index (χ1) is 15.8. The Balaban J connectivity index is 1.47. The molecule has 4 heteroatoms. The Kier molecular flexibility index (Phi) is 4.36. The summed E-state index contributed by atoms with van der Waals surface area (Å²) in [6.07, 6.45) is -0.0292. The minimum Gasteiger partial charge on any atom is -0.364 e. The number of anilines is 2. The lowest BCUT2D eigenvalue weighted by atomic mass is 10.1. The van der Waals surface area contributed by atoms with Crippen LogP contribution in [0.4, 0.5) is 11.4 Å². The molecule has 0 aliphatic carbocycles. The van der Waals surface area contributed by atoms with Crippen molar-refractivity contribution in [2.75, 3.05) is 10.6 Å². The van der Waals surface area contributed by atoms with E-state index < -0.39 is 0 Å². The van der Waals surface area contributed by atoms with Gasteiger partial charge >= 0.3 is 0 Å². The van der Waals surface area contributed by atoms with Crippen molar-refractivity contribution in [2.45, 2.75) is 13.1 Å². The molecule has 0 amide bonds. The minimum atomic E-state index is -0.0292. The third kappa shape index (κ3) is 3.08. The van der Waals surface area contributed by atoms with E-state index in [1.807, 2.05) is 24.3 Å². The van der Waals surface area contributed by atoms with Crippen LogP contribution in [0.5, 0.6) is 0 Å². The number of pyridine rings is 2. The Bertz CT molecular complexity index is 1380. The fourth-order valence-corrected chi connectivity index (χ4v) is 4.46. The molecule has 0 radical (unpaired) electrons. The van der Waals surface area contributed by atoms with Crippen molar-refractivity contribution in [2.24, 2.45) is 0 Å². The van der Waals surface area contributed by atoms with Crippen LogP contribution in [0.25, 0.3) is 43.6 Å². The molecule has 0 fully saturated rings. The van der Waals surface area contributed by atoms with Crippen molar-refractivity contribution in [3.8, 4) is 0 Å². The summed E-state index contributed by atoms with van der Waals surface area (Å²) in [5, 5.41) is 11.9. The lowest BCUT2D eigenvalue weighted by Crippen LogP contribution is -2.25. The minimum absolute atomic E-state index is 0.0292. The van der Waals surface area contributed by atoms with E-state index in [2.05, 4.69) is 90.4 Å². The Morgan fingerprint density at radius 2 is 0.750 bits per heavy atom. The van der Waals surface area contributed by atoms with Crippen molar-refractivity contribution < 1.29 is 0 Å². The normalized spacial score (nSPS) is 11.6. The molecule has 0 aliphatic heterocycles. The van der Waals surface area contributed by atoms with E-state index in [-0.39, 0.29) is 6.17 Å². The maximum Gasteiger partial charge on any atom is 0.0935 e. The van der Waals surface area contributed by atoms with E-state index in [0.29, 0.717) is 0 Å². The fraction of sp³-hybridized carbons (Fsp3) is 0.0714. The van der Waals surface area contributed by atoms with Crippen molar-refractivity contribution in [1.82, 2.24) is 9.97 Å². The molecular formula is C28H22N4. The SMILES string of the molecule is CC(Nc1c2ccccc2nc2ccccc12)Nc1c2ccccc2nc2ccccc12. The molecule has 6 aromatic rings. The summed E-state index contributed by atoms with van der Waals surface area (Å²) < 4.78 is 0. The number of aromatic nitrogens is 2. The van der Waals surface area contributed by atoms with E-state index in [1.165, 1.54) is 0 Å². The van der Waals surface area contributed by atoms with Gasteiger partial charge in [0.2, 0.25) is 0 Å². The molecule has 154 valence electrons. The maximum absolute atomic E-state index is 4.84. The molecule has 2 heterocycles. The van der Waals surface area contributed by atoms with Gasteiger partial charge in [-0.1, -0.05) is 72.8 Å². The lowest BCUT2D eigenvalue weighted by molar-refractivity contribution is 0.924. The molecule has 0 spiro atoms. The number of fused-ring (bicyclic) bond motifs is 4. The summed E-state index contributed by atoms with van der Waals surface area (Å²) >= 11 is 0. The van der Waals surface area contributed by atoms with Gasteiger partial charge in [-0.3, -0.25) is 0 Å².